The monoisotopic (exact) mass is 467 g/mol. The van der Waals surface area contributed by atoms with Crippen molar-refractivity contribution in [2.75, 3.05) is 41.7 Å². The number of anilines is 2. The van der Waals surface area contributed by atoms with Gasteiger partial charge in [-0.15, -0.1) is 11.8 Å². The lowest BCUT2D eigenvalue weighted by molar-refractivity contribution is -0.116. The van der Waals surface area contributed by atoms with Gasteiger partial charge in [0.2, 0.25) is 5.91 Å². The molecule has 1 aromatic heterocycles. The Hall–Kier alpha value is -2.90. The number of nitrogens with zero attached hydrogens (tertiary/aromatic N) is 3. The van der Waals surface area contributed by atoms with Crippen molar-refractivity contribution >= 4 is 46.6 Å². The normalized spacial score (nSPS) is 16.3. The number of hydrogen-bond acceptors (Lipinski definition) is 5. The number of hydrogen-bond donors (Lipinski definition) is 0. The van der Waals surface area contributed by atoms with Gasteiger partial charge in [0.15, 0.2) is 5.76 Å². The Balaban J connectivity index is 1.24. The van der Waals surface area contributed by atoms with Gasteiger partial charge in [-0.2, -0.15) is 0 Å². The third-order valence-electron chi connectivity index (χ3n) is 5.73. The van der Waals surface area contributed by atoms with E-state index in [9.17, 15) is 9.59 Å². The van der Waals surface area contributed by atoms with E-state index in [1.54, 1.807) is 28.8 Å². The number of furan rings is 1. The number of benzene rings is 2. The number of para-hydroxylation sites is 1. The van der Waals surface area contributed by atoms with Gasteiger partial charge < -0.3 is 19.1 Å². The summed E-state index contributed by atoms with van der Waals surface area (Å²) in [6.07, 6.45) is 0. The average molecular weight is 468 g/mol. The predicted octanol–water partition coefficient (Wildman–Crippen LogP) is 4.53. The Morgan fingerprint density at radius 2 is 1.81 bits per heavy atom. The van der Waals surface area contributed by atoms with E-state index in [0.29, 0.717) is 41.9 Å². The summed E-state index contributed by atoms with van der Waals surface area (Å²) in [6, 6.07) is 19.1. The number of amides is 2. The van der Waals surface area contributed by atoms with Crippen molar-refractivity contribution in [1.29, 1.82) is 0 Å². The number of fused-ring (bicyclic) bond motifs is 1. The highest BCUT2D eigenvalue weighted by Crippen LogP contribution is 2.36. The van der Waals surface area contributed by atoms with Crippen molar-refractivity contribution in [1.82, 2.24) is 4.90 Å². The van der Waals surface area contributed by atoms with Gasteiger partial charge in [-0.3, -0.25) is 9.59 Å². The lowest BCUT2D eigenvalue weighted by Crippen LogP contribution is -2.48. The van der Waals surface area contributed by atoms with Gasteiger partial charge in [0, 0.05) is 41.8 Å². The van der Waals surface area contributed by atoms with Gasteiger partial charge in [0.25, 0.3) is 5.91 Å². The van der Waals surface area contributed by atoms with E-state index in [-0.39, 0.29) is 11.8 Å². The summed E-state index contributed by atoms with van der Waals surface area (Å²) in [7, 11) is 0. The molecule has 8 heteroatoms. The summed E-state index contributed by atoms with van der Waals surface area (Å²) in [5.41, 5.74) is 1.95. The summed E-state index contributed by atoms with van der Waals surface area (Å²) < 4.78 is 5.87. The summed E-state index contributed by atoms with van der Waals surface area (Å²) in [4.78, 5) is 32.3. The quantitative estimate of drug-likeness (QED) is 0.564. The van der Waals surface area contributed by atoms with Crippen molar-refractivity contribution in [3.63, 3.8) is 0 Å². The maximum Gasteiger partial charge on any atom is 0.289 e. The number of halogens is 1. The van der Waals surface area contributed by atoms with Crippen LogP contribution in [0.2, 0.25) is 5.02 Å². The highest BCUT2D eigenvalue weighted by atomic mass is 35.5. The summed E-state index contributed by atoms with van der Waals surface area (Å²) in [5.74, 6) is 1.22. The van der Waals surface area contributed by atoms with Gasteiger partial charge in [-0.25, -0.2) is 0 Å². The molecule has 0 bridgehead atoms. The fraction of sp³-hybridized carbons (Fsp3) is 0.250. The molecule has 2 aliphatic rings. The molecule has 0 saturated carbocycles. The lowest BCUT2D eigenvalue weighted by atomic mass is 10.2. The second-order valence-electron chi connectivity index (χ2n) is 7.76. The highest BCUT2D eigenvalue weighted by molar-refractivity contribution is 8.00. The molecular formula is C24H22ClN3O3S. The molecule has 0 radical (unpaired) electrons. The molecule has 1 fully saturated rings. The molecule has 5 rings (SSSR count). The molecule has 0 spiro atoms. The maximum absolute atomic E-state index is 13.0. The Bertz CT molecular complexity index is 1160. The number of thioether (sulfide) groups is 1. The molecule has 2 aliphatic heterocycles. The molecule has 32 heavy (non-hydrogen) atoms. The minimum Gasteiger partial charge on any atom is -0.454 e. The van der Waals surface area contributed by atoms with Crippen molar-refractivity contribution in [3.8, 4) is 0 Å². The first-order chi connectivity index (χ1) is 15.6. The second kappa shape index (κ2) is 8.92. The fourth-order valence-corrected chi connectivity index (χ4v) is 5.18. The van der Waals surface area contributed by atoms with Gasteiger partial charge >= 0.3 is 0 Å². The topological polar surface area (TPSA) is 57.0 Å². The third kappa shape index (κ3) is 4.23. The van der Waals surface area contributed by atoms with Crippen LogP contribution in [0.5, 0.6) is 0 Å². The van der Waals surface area contributed by atoms with Crippen LogP contribution < -0.4 is 9.80 Å². The van der Waals surface area contributed by atoms with Crippen LogP contribution in [-0.2, 0) is 11.3 Å². The molecular weight excluding hydrogens is 446 g/mol. The first-order valence-electron chi connectivity index (χ1n) is 10.5. The molecule has 3 heterocycles. The van der Waals surface area contributed by atoms with Crippen LogP contribution in [-0.4, -0.2) is 48.6 Å². The van der Waals surface area contributed by atoms with Crippen LogP contribution in [0.25, 0.3) is 0 Å². The Morgan fingerprint density at radius 3 is 2.62 bits per heavy atom. The van der Waals surface area contributed by atoms with Crippen LogP contribution in [0.15, 0.2) is 70.0 Å². The lowest BCUT2D eigenvalue weighted by Gasteiger charge is -2.35. The highest BCUT2D eigenvalue weighted by Gasteiger charge is 2.27. The van der Waals surface area contributed by atoms with Crippen LogP contribution in [0.3, 0.4) is 0 Å². The zero-order chi connectivity index (χ0) is 22.1. The van der Waals surface area contributed by atoms with Gasteiger partial charge in [0.1, 0.15) is 5.76 Å². The molecule has 1 saturated heterocycles. The average Bonchev–Trinajstić information content (AvgIpc) is 3.29. The van der Waals surface area contributed by atoms with E-state index in [4.69, 9.17) is 16.0 Å². The smallest absolute Gasteiger partial charge is 0.289 e. The van der Waals surface area contributed by atoms with Gasteiger partial charge in [0.05, 0.1) is 18.0 Å². The zero-order valence-corrected chi connectivity index (χ0v) is 18.9. The Labute approximate surface area is 195 Å². The molecule has 0 aliphatic carbocycles. The van der Waals surface area contributed by atoms with Crippen molar-refractivity contribution < 1.29 is 14.0 Å². The van der Waals surface area contributed by atoms with Gasteiger partial charge in [-0.05, 0) is 42.5 Å². The molecule has 6 nitrogen and oxygen atoms in total. The minimum absolute atomic E-state index is 0.0371. The zero-order valence-electron chi connectivity index (χ0n) is 17.4. The standard InChI is InChI=1S/C24H22ClN3O3S/c25-17-4-3-5-18(14-17)26-10-12-27(13-11-26)24(30)21-9-8-19(31-21)15-28-20-6-1-2-7-22(20)32-16-23(28)29/h1-9,14H,10-13,15-16H2. The van der Waals surface area contributed by atoms with Crippen molar-refractivity contribution in [2.45, 2.75) is 11.4 Å². The number of carbonyl (C=O) groups excluding carboxylic acids is 2. The Morgan fingerprint density at radius 1 is 1.00 bits per heavy atom. The number of piperazine rings is 1. The fourth-order valence-electron chi connectivity index (χ4n) is 4.06. The van der Waals surface area contributed by atoms with E-state index in [1.807, 2.05) is 53.4 Å². The third-order valence-corrected chi connectivity index (χ3v) is 7.02. The first-order valence-corrected chi connectivity index (χ1v) is 11.9. The molecule has 3 aromatic rings. The molecule has 2 aromatic carbocycles. The van der Waals surface area contributed by atoms with E-state index < -0.39 is 0 Å². The molecule has 0 unspecified atom stereocenters. The van der Waals surface area contributed by atoms with E-state index in [0.717, 1.165) is 29.4 Å². The Kier molecular flexibility index (Phi) is 5.85. The van der Waals surface area contributed by atoms with Crippen LogP contribution in [0.1, 0.15) is 16.3 Å². The van der Waals surface area contributed by atoms with Crippen LogP contribution in [0.4, 0.5) is 11.4 Å². The maximum atomic E-state index is 13.0. The predicted molar refractivity (Wildman–Crippen MR) is 127 cm³/mol. The van der Waals surface area contributed by atoms with E-state index in [2.05, 4.69) is 4.90 Å². The molecule has 2 amide bonds. The number of carbonyl (C=O) groups is 2. The molecule has 164 valence electrons. The van der Waals surface area contributed by atoms with Crippen LogP contribution in [0, 0.1) is 0 Å². The number of rotatable bonds is 4. The molecule has 0 N–H and O–H groups in total. The summed E-state index contributed by atoms with van der Waals surface area (Å²) in [5, 5.41) is 0.706. The summed E-state index contributed by atoms with van der Waals surface area (Å²) >= 11 is 7.65. The second-order valence-corrected chi connectivity index (χ2v) is 9.21. The minimum atomic E-state index is -0.122. The SMILES string of the molecule is O=C(c1ccc(CN2C(=O)CSc3ccccc32)o1)N1CCN(c2cccc(Cl)c2)CC1. The molecule has 0 atom stereocenters. The largest absolute Gasteiger partial charge is 0.454 e. The van der Waals surface area contributed by atoms with Crippen molar-refractivity contribution in [3.05, 3.63) is 77.2 Å². The van der Waals surface area contributed by atoms with Crippen molar-refractivity contribution in [2.24, 2.45) is 0 Å². The van der Waals surface area contributed by atoms with E-state index in [1.165, 1.54) is 0 Å². The summed E-state index contributed by atoms with van der Waals surface area (Å²) in [6.45, 7) is 2.99. The van der Waals surface area contributed by atoms with Gasteiger partial charge in [-0.1, -0.05) is 29.8 Å². The first kappa shape index (κ1) is 21.0. The van der Waals surface area contributed by atoms with Crippen LogP contribution >= 0.6 is 23.4 Å². The van der Waals surface area contributed by atoms with E-state index >= 15 is 0 Å².